The summed E-state index contributed by atoms with van der Waals surface area (Å²) in [5.74, 6) is 0.106. The zero-order chi connectivity index (χ0) is 10.4. The van der Waals surface area contributed by atoms with Crippen molar-refractivity contribution in [3.8, 4) is 0 Å². The van der Waals surface area contributed by atoms with E-state index in [4.69, 9.17) is 5.73 Å². The van der Waals surface area contributed by atoms with Crippen LogP contribution in [-0.4, -0.2) is 43.0 Å². The van der Waals surface area contributed by atoms with Gasteiger partial charge in [0.2, 0.25) is 5.91 Å². The quantitative estimate of drug-likeness (QED) is 0.609. The average molecular weight is 197 g/mol. The Bertz CT molecular complexity index is 206. The third kappa shape index (κ3) is 2.82. The second kappa shape index (κ2) is 5.78. The molecular weight excluding hydrogens is 178 g/mol. The van der Waals surface area contributed by atoms with Crippen molar-refractivity contribution in [2.75, 3.05) is 26.2 Å². The van der Waals surface area contributed by atoms with E-state index in [0.717, 1.165) is 32.5 Å². The van der Waals surface area contributed by atoms with Crippen LogP contribution in [-0.2, 0) is 4.79 Å². The van der Waals surface area contributed by atoms with Crippen LogP contribution >= 0.6 is 0 Å². The van der Waals surface area contributed by atoms with Gasteiger partial charge in [0.25, 0.3) is 0 Å². The van der Waals surface area contributed by atoms with E-state index >= 15 is 0 Å². The lowest BCUT2D eigenvalue weighted by atomic mass is 10.1. The number of carbonyl (C=O) groups is 1. The van der Waals surface area contributed by atoms with Crippen LogP contribution in [0.15, 0.2) is 12.7 Å². The van der Waals surface area contributed by atoms with Gasteiger partial charge in [-0.15, -0.1) is 6.58 Å². The highest BCUT2D eigenvalue weighted by Gasteiger charge is 2.25. The standard InChI is InChI=1S/C10H19N3O/c1-2-7-13-8-3-6-12-10(14)9(13)4-5-11/h2,9H,1,3-8,11H2,(H,12,14). The normalized spacial score (nSPS) is 24.1. The molecule has 0 aromatic rings. The fourth-order valence-corrected chi connectivity index (χ4v) is 1.79. The maximum absolute atomic E-state index is 11.6. The van der Waals surface area contributed by atoms with E-state index in [1.165, 1.54) is 0 Å². The molecule has 4 heteroatoms. The first kappa shape index (κ1) is 11.2. The maximum Gasteiger partial charge on any atom is 0.237 e. The van der Waals surface area contributed by atoms with Gasteiger partial charge in [0, 0.05) is 19.6 Å². The van der Waals surface area contributed by atoms with Gasteiger partial charge in [0.15, 0.2) is 0 Å². The molecule has 0 aromatic heterocycles. The number of rotatable bonds is 4. The predicted molar refractivity (Wildman–Crippen MR) is 56.9 cm³/mol. The van der Waals surface area contributed by atoms with Gasteiger partial charge in [-0.05, 0) is 19.4 Å². The summed E-state index contributed by atoms with van der Waals surface area (Å²) in [6.45, 7) is 6.72. The van der Waals surface area contributed by atoms with Crippen LogP contribution in [0.3, 0.4) is 0 Å². The Hall–Kier alpha value is -0.870. The Morgan fingerprint density at radius 2 is 2.50 bits per heavy atom. The summed E-state index contributed by atoms with van der Waals surface area (Å²) in [7, 11) is 0. The number of hydrogen-bond donors (Lipinski definition) is 2. The fourth-order valence-electron chi connectivity index (χ4n) is 1.79. The maximum atomic E-state index is 11.6. The van der Waals surface area contributed by atoms with Crippen LogP contribution < -0.4 is 11.1 Å². The molecule has 1 rings (SSSR count). The van der Waals surface area contributed by atoms with Crippen molar-refractivity contribution >= 4 is 5.91 Å². The van der Waals surface area contributed by atoms with Crippen LogP contribution in [0.25, 0.3) is 0 Å². The molecule has 1 aliphatic heterocycles. The minimum absolute atomic E-state index is 0.0690. The molecule has 14 heavy (non-hydrogen) atoms. The highest BCUT2D eigenvalue weighted by Crippen LogP contribution is 2.08. The summed E-state index contributed by atoms with van der Waals surface area (Å²) >= 11 is 0. The summed E-state index contributed by atoms with van der Waals surface area (Å²) in [6.07, 6.45) is 3.56. The van der Waals surface area contributed by atoms with Crippen LogP contribution in [0, 0.1) is 0 Å². The molecule has 1 saturated heterocycles. The highest BCUT2D eigenvalue weighted by atomic mass is 16.2. The second-order valence-electron chi connectivity index (χ2n) is 3.52. The van der Waals surface area contributed by atoms with Gasteiger partial charge < -0.3 is 11.1 Å². The average Bonchev–Trinajstić information content (AvgIpc) is 2.33. The number of carbonyl (C=O) groups excluding carboxylic acids is 1. The minimum Gasteiger partial charge on any atom is -0.355 e. The molecule has 0 radical (unpaired) electrons. The Labute approximate surface area is 85.1 Å². The molecule has 0 saturated carbocycles. The van der Waals surface area contributed by atoms with E-state index in [1.807, 2.05) is 6.08 Å². The Kier molecular flexibility index (Phi) is 4.62. The summed E-state index contributed by atoms with van der Waals surface area (Å²) in [5, 5.41) is 2.90. The Balaban J connectivity index is 2.64. The summed E-state index contributed by atoms with van der Waals surface area (Å²) in [4.78, 5) is 13.8. The smallest absolute Gasteiger partial charge is 0.237 e. The molecular formula is C10H19N3O. The first-order chi connectivity index (χ1) is 6.79. The van der Waals surface area contributed by atoms with Gasteiger partial charge in [-0.3, -0.25) is 9.69 Å². The molecule has 1 unspecified atom stereocenters. The topological polar surface area (TPSA) is 58.4 Å². The van der Waals surface area contributed by atoms with Crippen molar-refractivity contribution in [2.24, 2.45) is 5.73 Å². The molecule has 1 heterocycles. The van der Waals surface area contributed by atoms with Crippen molar-refractivity contribution in [3.63, 3.8) is 0 Å². The van der Waals surface area contributed by atoms with Gasteiger partial charge in [-0.2, -0.15) is 0 Å². The van der Waals surface area contributed by atoms with E-state index in [-0.39, 0.29) is 11.9 Å². The van der Waals surface area contributed by atoms with Crippen molar-refractivity contribution in [1.29, 1.82) is 0 Å². The third-order valence-electron chi connectivity index (χ3n) is 2.47. The van der Waals surface area contributed by atoms with E-state index in [9.17, 15) is 4.79 Å². The monoisotopic (exact) mass is 197 g/mol. The predicted octanol–water partition coefficient (Wildman–Crippen LogP) is -0.288. The van der Waals surface area contributed by atoms with Gasteiger partial charge in [-0.1, -0.05) is 6.08 Å². The van der Waals surface area contributed by atoms with Gasteiger partial charge in [-0.25, -0.2) is 0 Å². The Morgan fingerprint density at radius 3 is 3.14 bits per heavy atom. The molecule has 0 aromatic carbocycles. The number of nitrogens with two attached hydrogens (primary N) is 1. The van der Waals surface area contributed by atoms with E-state index in [1.54, 1.807) is 0 Å². The van der Waals surface area contributed by atoms with Crippen molar-refractivity contribution in [2.45, 2.75) is 18.9 Å². The van der Waals surface area contributed by atoms with E-state index < -0.39 is 0 Å². The molecule has 1 amide bonds. The molecule has 0 spiro atoms. The van der Waals surface area contributed by atoms with Crippen molar-refractivity contribution in [1.82, 2.24) is 10.2 Å². The molecule has 1 aliphatic rings. The van der Waals surface area contributed by atoms with Gasteiger partial charge >= 0.3 is 0 Å². The molecule has 1 atom stereocenters. The van der Waals surface area contributed by atoms with Crippen molar-refractivity contribution in [3.05, 3.63) is 12.7 Å². The second-order valence-corrected chi connectivity index (χ2v) is 3.52. The fraction of sp³-hybridized carbons (Fsp3) is 0.700. The Morgan fingerprint density at radius 1 is 1.71 bits per heavy atom. The summed E-state index contributed by atoms with van der Waals surface area (Å²) in [5.41, 5.74) is 5.50. The lowest BCUT2D eigenvalue weighted by Crippen LogP contribution is -2.45. The molecule has 3 N–H and O–H groups in total. The number of amides is 1. The van der Waals surface area contributed by atoms with Crippen molar-refractivity contribution < 1.29 is 4.79 Å². The zero-order valence-corrected chi connectivity index (χ0v) is 8.54. The molecule has 1 fully saturated rings. The van der Waals surface area contributed by atoms with E-state index in [2.05, 4.69) is 16.8 Å². The van der Waals surface area contributed by atoms with Crippen LogP contribution in [0.1, 0.15) is 12.8 Å². The largest absolute Gasteiger partial charge is 0.355 e. The first-order valence-electron chi connectivity index (χ1n) is 5.12. The van der Waals surface area contributed by atoms with Crippen LogP contribution in [0.5, 0.6) is 0 Å². The number of nitrogens with zero attached hydrogens (tertiary/aromatic N) is 1. The van der Waals surface area contributed by atoms with Gasteiger partial charge in [0.05, 0.1) is 6.04 Å². The third-order valence-corrected chi connectivity index (χ3v) is 2.47. The lowest BCUT2D eigenvalue weighted by Gasteiger charge is -2.26. The van der Waals surface area contributed by atoms with Gasteiger partial charge in [0.1, 0.15) is 0 Å². The minimum atomic E-state index is -0.0690. The summed E-state index contributed by atoms with van der Waals surface area (Å²) < 4.78 is 0. The molecule has 4 nitrogen and oxygen atoms in total. The van der Waals surface area contributed by atoms with E-state index in [0.29, 0.717) is 6.54 Å². The van der Waals surface area contributed by atoms with Crippen LogP contribution in [0.4, 0.5) is 0 Å². The lowest BCUT2D eigenvalue weighted by molar-refractivity contribution is -0.125. The highest BCUT2D eigenvalue weighted by molar-refractivity contribution is 5.82. The SMILES string of the molecule is C=CCN1CCCNC(=O)C1CCN. The van der Waals surface area contributed by atoms with Crippen LogP contribution in [0.2, 0.25) is 0 Å². The molecule has 0 bridgehead atoms. The number of hydrogen-bond acceptors (Lipinski definition) is 3. The summed E-state index contributed by atoms with van der Waals surface area (Å²) in [6, 6.07) is -0.0690. The zero-order valence-electron chi connectivity index (χ0n) is 8.54. The number of nitrogens with one attached hydrogen (secondary N) is 1. The first-order valence-corrected chi connectivity index (χ1v) is 5.12. The molecule has 80 valence electrons. The molecule has 0 aliphatic carbocycles.